The molecule has 0 bridgehead atoms. The topological polar surface area (TPSA) is 63.8 Å². The lowest BCUT2D eigenvalue weighted by molar-refractivity contribution is 0.288. The van der Waals surface area contributed by atoms with Gasteiger partial charge in [0.15, 0.2) is 0 Å². The van der Waals surface area contributed by atoms with Crippen LogP contribution >= 0.6 is 0 Å². The number of aliphatic hydroxyl groups is 1. The Morgan fingerprint density at radius 3 is 3.06 bits per heavy atom. The number of aryl methyl sites for hydroxylation is 1. The van der Waals surface area contributed by atoms with Crippen molar-refractivity contribution in [2.24, 2.45) is 0 Å². The van der Waals surface area contributed by atoms with Gasteiger partial charge in [-0.25, -0.2) is 4.68 Å². The Labute approximate surface area is 93.8 Å². The van der Waals surface area contributed by atoms with E-state index in [1.54, 1.807) is 10.9 Å². The van der Waals surface area contributed by atoms with E-state index < -0.39 is 0 Å². The number of nitrogens with zero attached hydrogens (tertiary/aromatic N) is 4. The third-order valence-electron chi connectivity index (χ3n) is 2.24. The molecule has 5 heteroatoms. The molecule has 1 N–H and O–H groups in total. The van der Waals surface area contributed by atoms with Gasteiger partial charge in [0.05, 0.1) is 12.2 Å². The summed E-state index contributed by atoms with van der Waals surface area (Å²) in [6.45, 7) is 0.870. The van der Waals surface area contributed by atoms with Crippen molar-refractivity contribution in [1.29, 1.82) is 0 Å². The van der Waals surface area contributed by atoms with Gasteiger partial charge in [0.1, 0.15) is 0 Å². The van der Waals surface area contributed by atoms with E-state index in [0.29, 0.717) is 6.54 Å². The summed E-state index contributed by atoms with van der Waals surface area (Å²) in [7, 11) is 0. The van der Waals surface area contributed by atoms with Gasteiger partial charge in [0.2, 0.25) is 0 Å². The summed E-state index contributed by atoms with van der Waals surface area (Å²) in [6, 6.07) is 3.90. The molecule has 0 aliphatic heterocycles. The molecule has 2 heterocycles. The summed E-state index contributed by atoms with van der Waals surface area (Å²) in [4.78, 5) is 4.04. The van der Waals surface area contributed by atoms with Crippen LogP contribution in [0.4, 0.5) is 0 Å². The normalized spacial score (nSPS) is 10.6. The fourth-order valence-corrected chi connectivity index (χ4v) is 1.47. The molecule has 0 unspecified atom stereocenters. The Kier molecular flexibility index (Phi) is 3.61. The van der Waals surface area contributed by atoms with Crippen LogP contribution in [-0.4, -0.2) is 31.7 Å². The molecule has 2 rings (SSSR count). The molecule has 2 aromatic heterocycles. The van der Waals surface area contributed by atoms with E-state index in [1.807, 2.05) is 24.5 Å². The number of rotatable bonds is 5. The Balaban J connectivity index is 1.97. The smallest absolute Gasteiger partial charge is 0.0828 e. The van der Waals surface area contributed by atoms with Crippen molar-refractivity contribution in [1.82, 2.24) is 20.0 Å². The monoisotopic (exact) mass is 218 g/mol. The summed E-state index contributed by atoms with van der Waals surface area (Å²) in [6.07, 6.45) is 6.96. The molecule has 0 fully saturated rings. The lowest BCUT2D eigenvalue weighted by Crippen LogP contribution is -2.00. The van der Waals surface area contributed by atoms with Gasteiger partial charge in [-0.3, -0.25) is 4.98 Å². The Morgan fingerprint density at radius 1 is 1.38 bits per heavy atom. The third-order valence-corrected chi connectivity index (χ3v) is 2.24. The molecule has 0 radical (unpaired) electrons. The molecule has 0 amide bonds. The van der Waals surface area contributed by atoms with Gasteiger partial charge >= 0.3 is 0 Å². The van der Waals surface area contributed by atoms with Crippen molar-refractivity contribution >= 4 is 0 Å². The summed E-state index contributed by atoms with van der Waals surface area (Å²) in [5.74, 6) is 0. The van der Waals surface area contributed by atoms with Crippen LogP contribution in [0.1, 0.15) is 17.7 Å². The van der Waals surface area contributed by atoms with Gasteiger partial charge in [-0.05, 0) is 24.5 Å². The van der Waals surface area contributed by atoms with E-state index in [1.165, 1.54) is 0 Å². The Bertz CT molecular complexity index is 427. The van der Waals surface area contributed by atoms with Crippen LogP contribution in [0.25, 0.3) is 0 Å². The number of hydrogen-bond donors (Lipinski definition) is 1. The second-order valence-corrected chi connectivity index (χ2v) is 3.60. The summed E-state index contributed by atoms with van der Waals surface area (Å²) in [5, 5.41) is 16.8. The van der Waals surface area contributed by atoms with Crippen molar-refractivity contribution < 1.29 is 5.11 Å². The maximum Gasteiger partial charge on any atom is 0.0828 e. The van der Waals surface area contributed by atoms with Crippen LogP contribution in [0.2, 0.25) is 0 Å². The molecule has 84 valence electrons. The minimum atomic E-state index is 0.190. The van der Waals surface area contributed by atoms with Gasteiger partial charge in [-0.2, -0.15) is 0 Å². The van der Waals surface area contributed by atoms with Crippen LogP contribution in [0.5, 0.6) is 0 Å². The minimum absolute atomic E-state index is 0.190. The molecule has 0 saturated carbocycles. The molecule has 0 aromatic carbocycles. The first-order valence-electron chi connectivity index (χ1n) is 5.27. The van der Waals surface area contributed by atoms with Crippen molar-refractivity contribution in [3.05, 3.63) is 42.0 Å². The molecule has 0 atom stereocenters. The zero-order valence-corrected chi connectivity index (χ0v) is 8.95. The minimum Gasteiger partial charge on any atom is -0.396 e. The zero-order valence-electron chi connectivity index (χ0n) is 8.95. The molecular formula is C11H14N4O. The largest absolute Gasteiger partial charge is 0.396 e. The van der Waals surface area contributed by atoms with E-state index in [-0.39, 0.29) is 6.61 Å². The second kappa shape index (κ2) is 5.37. The van der Waals surface area contributed by atoms with E-state index in [9.17, 15) is 0 Å². The molecule has 0 aliphatic carbocycles. The number of hydrogen-bond acceptors (Lipinski definition) is 4. The van der Waals surface area contributed by atoms with Crippen LogP contribution < -0.4 is 0 Å². The Morgan fingerprint density at radius 2 is 2.31 bits per heavy atom. The Hall–Kier alpha value is -1.75. The molecule has 5 nitrogen and oxygen atoms in total. The molecule has 2 aromatic rings. The highest BCUT2D eigenvalue weighted by atomic mass is 16.2. The van der Waals surface area contributed by atoms with E-state index >= 15 is 0 Å². The fourth-order valence-electron chi connectivity index (χ4n) is 1.47. The highest BCUT2D eigenvalue weighted by Crippen LogP contribution is 2.02. The highest BCUT2D eigenvalue weighted by molar-refractivity contribution is 5.09. The van der Waals surface area contributed by atoms with Crippen LogP contribution in [-0.2, 0) is 13.0 Å². The predicted octanol–water partition coefficient (Wildman–Crippen LogP) is 0.646. The first kappa shape index (κ1) is 10.8. The van der Waals surface area contributed by atoms with Gasteiger partial charge in [0.25, 0.3) is 0 Å². The average Bonchev–Trinajstić information content (AvgIpc) is 2.75. The van der Waals surface area contributed by atoms with E-state index in [4.69, 9.17) is 5.11 Å². The van der Waals surface area contributed by atoms with Crippen molar-refractivity contribution in [2.45, 2.75) is 19.4 Å². The van der Waals surface area contributed by atoms with E-state index in [2.05, 4.69) is 15.3 Å². The second-order valence-electron chi connectivity index (χ2n) is 3.60. The summed E-state index contributed by atoms with van der Waals surface area (Å²) < 4.78 is 1.78. The highest BCUT2D eigenvalue weighted by Gasteiger charge is 2.01. The maximum absolute atomic E-state index is 8.71. The van der Waals surface area contributed by atoms with Crippen molar-refractivity contribution in [3.63, 3.8) is 0 Å². The molecule has 0 aliphatic rings. The van der Waals surface area contributed by atoms with Crippen LogP contribution in [0.15, 0.2) is 30.7 Å². The van der Waals surface area contributed by atoms with Crippen LogP contribution in [0.3, 0.4) is 0 Å². The van der Waals surface area contributed by atoms with Gasteiger partial charge in [0, 0.05) is 25.2 Å². The first-order chi connectivity index (χ1) is 7.88. The lowest BCUT2D eigenvalue weighted by atomic mass is 10.2. The molecule has 16 heavy (non-hydrogen) atoms. The average molecular weight is 218 g/mol. The molecule has 0 spiro atoms. The molecule has 0 saturated heterocycles. The zero-order chi connectivity index (χ0) is 11.2. The van der Waals surface area contributed by atoms with Gasteiger partial charge in [-0.15, -0.1) is 5.10 Å². The number of pyridine rings is 1. The SMILES string of the molecule is OCCCc1cn(Cc2cccnc2)nn1. The molecular weight excluding hydrogens is 204 g/mol. The van der Waals surface area contributed by atoms with Gasteiger partial charge < -0.3 is 5.11 Å². The summed E-state index contributed by atoms with van der Waals surface area (Å²) in [5.41, 5.74) is 2.01. The number of aromatic nitrogens is 4. The quantitative estimate of drug-likeness (QED) is 0.800. The summed E-state index contributed by atoms with van der Waals surface area (Å²) >= 11 is 0. The van der Waals surface area contributed by atoms with E-state index in [0.717, 1.165) is 24.1 Å². The van der Waals surface area contributed by atoms with Crippen LogP contribution in [0, 0.1) is 0 Å². The van der Waals surface area contributed by atoms with Gasteiger partial charge in [-0.1, -0.05) is 11.3 Å². The lowest BCUT2D eigenvalue weighted by Gasteiger charge is -1.98. The van der Waals surface area contributed by atoms with Crippen molar-refractivity contribution in [2.75, 3.05) is 6.61 Å². The standard InChI is InChI=1S/C11H14N4O/c16-6-2-4-11-9-15(14-13-11)8-10-3-1-5-12-7-10/h1,3,5,7,9,16H,2,4,6,8H2. The fraction of sp³-hybridized carbons (Fsp3) is 0.364. The maximum atomic E-state index is 8.71. The number of aliphatic hydroxyl groups excluding tert-OH is 1. The first-order valence-corrected chi connectivity index (χ1v) is 5.27. The van der Waals surface area contributed by atoms with Crippen molar-refractivity contribution in [3.8, 4) is 0 Å². The third kappa shape index (κ3) is 2.87. The predicted molar refractivity (Wildman–Crippen MR) is 58.8 cm³/mol.